The van der Waals surface area contributed by atoms with Crippen LogP contribution >= 0.6 is 22.6 Å². The number of pyridine rings is 1. The highest BCUT2D eigenvalue weighted by molar-refractivity contribution is 14.1. The molecule has 1 heterocycles. The second-order valence-electron chi connectivity index (χ2n) is 2.21. The standard InChI is InChI=1S/C7H4F2INO2/c8-6(9)4-1-3(7(12)13)2-5(10)11-4/h1-2,6H,(H,12,13). The number of alkyl halides is 2. The Labute approximate surface area is 85.9 Å². The number of aromatic nitrogens is 1. The van der Waals surface area contributed by atoms with E-state index in [1.807, 2.05) is 0 Å². The molecule has 1 aromatic heterocycles. The van der Waals surface area contributed by atoms with Crippen LogP contribution in [-0.4, -0.2) is 16.1 Å². The average molecular weight is 299 g/mol. The lowest BCUT2D eigenvalue weighted by molar-refractivity contribution is 0.0696. The van der Waals surface area contributed by atoms with Crippen LogP contribution in [0.15, 0.2) is 12.1 Å². The Hall–Kier alpha value is -0.790. The van der Waals surface area contributed by atoms with Crippen LogP contribution in [0.3, 0.4) is 0 Å². The number of hydrogen-bond acceptors (Lipinski definition) is 2. The van der Waals surface area contributed by atoms with E-state index in [-0.39, 0.29) is 9.26 Å². The Morgan fingerprint density at radius 1 is 1.54 bits per heavy atom. The van der Waals surface area contributed by atoms with E-state index in [0.717, 1.165) is 6.07 Å². The van der Waals surface area contributed by atoms with Crippen LogP contribution in [0.2, 0.25) is 0 Å². The van der Waals surface area contributed by atoms with Gasteiger partial charge in [-0.2, -0.15) is 0 Å². The molecule has 1 aromatic rings. The molecule has 0 saturated heterocycles. The average Bonchev–Trinajstić information content (AvgIpc) is 2.03. The van der Waals surface area contributed by atoms with E-state index in [2.05, 4.69) is 4.98 Å². The predicted octanol–water partition coefficient (Wildman–Crippen LogP) is 2.32. The Kier molecular flexibility index (Phi) is 3.12. The van der Waals surface area contributed by atoms with Crippen molar-refractivity contribution in [2.24, 2.45) is 0 Å². The first-order valence-corrected chi connectivity index (χ1v) is 4.27. The van der Waals surface area contributed by atoms with Crippen LogP contribution < -0.4 is 0 Å². The maximum absolute atomic E-state index is 12.1. The van der Waals surface area contributed by atoms with Crippen molar-refractivity contribution in [3.05, 3.63) is 27.1 Å². The Morgan fingerprint density at radius 2 is 2.15 bits per heavy atom. The Balaban J connectivity index is 3.19. The van der Waals surface area contributed by atoms with E-state index in [9.17, 15) is 13.6 Å². The number of carbonyl (C=O) groups is 1. The van der Waals surface area contributed by atoms with E-state index in [1.54, 1.807) is 22.6 Å². The Morgan fingerprint density at radius 3 is 2.62 bits per heavy atom. The molecule has 3 nitrogen and oxygen atoms in total. The molecule has 0 aliphatic heterocycles. The minimum absolute atomic E-state index is 0.172. The molecule has 1 N–H and O–H groups in total. The molecule has 0 atom stereocenters. The fraction of sp³-hybridized carbons (Fsp3) is 0.143. The van der Waals surface area contributed by atoms with Gasteiger partial charge in [-0.1, -0.05) is 0 Å². The van der Waals surface area contributed by atoms with Crippen LogP contribution in [-0.2, 0) is 0 Å². The molecule has 0 spiro atoms. The summed E-state index contributed by atoms with van der Waals surface area (Å²) in [6.07, 6.45) is -2.74. The molecular weight excluding hydrogens is 295 g/mol. The van der Waals surface area contributed by atoms with Gasteiger partial charge in [0.05, 0.1) is 5.56 Å². The van der Waals surface area contributed by atoms with Crippen LogP contribution in [0.4, 0.5) is 8.78 Å². The highest BCUT2D eigenvalue weighted by Crippen LogP contribution is 2.19. The Bertz CT molecular complexity index is 343. The molecular formula is C7H4F2INO2. The van der Waals surface area contributed by atoms with Gasteiger partial charge in [-0.05, 0) is 34.7 Å². The molecule has 13 heavy (non-hydrogen) atoms. The number of aromatic carboxylic acids is 1. The van der Waals surface area contributed by atoms with Gasteiger partial charge in [0.1, 0.15) is 9.39 Å². The monoisotopic (exact) mass is 299 g/mol. The van der Waals surface area contributed by atoms with Crippen molar-refractivity contribution in [1.29, 1.82) is 0 Å². The van der Waals surface area contributed by atoms with Gasteiger partial charge in [0.15, 0.2) is 0 Å². The molecule has 1 rings (SSSR count). The number of rotatable bonds is 2. The smallest absolute Gasteiger partial charge is 0.335 e. The summed E-state index contributed by atoms with van der Waals surface area (Å²) in [5, 5.41) is 8.54. The van der Waals surface area contributed by atoms with E-state index < -0.39 is 18.1 Å². The van der Waals surface area contributed by atoms with Gasteiger partial charge in [-0.25, -0.2) is 18.6 Å². The van der Waals surface area contributed by atoms with Crippen LogP contribution in [0, 0.1) is 3.70 Å². The summed E-state index contributed by atoms with van der Waals surface area (Å²) in [5.41, 5.74) is -0.681. The van der Waals surface area contributed by atoms with Gasteiger partial charge in [-0.3, -0.25) is 0 Å². The zero-order valence-electron chi connectivity index (χ0n) is 6.17. The first kappa shape index (κ1) is 10.3. The molecule has 0 unspecified atom stereocenters. The molecule has 0 aliphatic carbocycles. The highest BCUT2D eigenvalue weighted by Gasteiger charge is 2.13. The summed E-state index contributed by atoms with van der Waals surface area (Å²) >= 11 is 1.69. The normalized spacial score (nSPS) is 10.5. The fourth-order valence-electron chi connectivity index (χ4n) is 0.752. The third-order valence-electron chi connectivity index (χ3n) is 1.28. The van der Waals surface area contributed by atoms with Crippen molar-refractivity contribution in [3.8, 4) is 0 Å². The summed E-state index contributed by atoms with van der Waals surface area (Å²) in [6, 6.07) is 2.10. The SMILES string of the molecule is O=C(O)c1cc(I)nc(C(F)F)c1. The third kappa shape index (κ3) is 2.58. The van der Waals surface area contributed by atoms with Gasteiger partial charge in [0.25, 0.3) is 6.43 Å². The lowest BCUT2D eigenvalue weighted by Gasteiger charge is -2.01. The fourth-order valence-corrected chi connectivity index (χ4v) is 1.37. The van der Waals surface area contributed by atoms with E-state index in [0.29, 0.717) is 0 Å². The van der Waals surface area contributed by atoms with Crippen molar-refractivity contribution in [2.45, 2.75) is 6.43 Å². The topological polar surface area (TPSA) is 50.2 Å². The minimum atomic E-state index is -2.74. The van der Waals surface area contributed by atoms with E-state index in [4.69, 9.17) is 5.11 Å². The number of carboxylic acid groups (broad SMARTS) is 1. The van der Waals surface area contributed by atoms with Gasteiger partial charge in [0, 0.05) is 0 Å². The molecule has 0 amide bonds. The van der Waals surface area contributed by atoms with Crippen LogP contribution in [0.1, 0.15) is 22.5 Å². The molecule has 0 aliphatic rings. The molecule has 6 heteroatoms. The highest BCUT2D eigenvalue weighted by atomic mass is 127. The van der Waals surface area contributed by atoms with Crippen molar-refractivity contribution < 1.29 is 18.7 Å². The lowest BCUT2D eigenvalue weighted by Crippen LogP contribution is -2.01. The number of carboxylic acids is 1. The first-order chi connectivity index (χ1) is 6.00. The molecule has 0 saturated carbocycles. The van der Waals surface area contributed by atoms with Crippen molar-refractivity contribution >= 4 is 28.6 Å². The minimum Gasteiger partial charge on any atom is -0.478 e. The molecule has 0 aromatic carbocycles. The number of hydrogen-bond donors (Lipinski definition) is 1. The van der Waals surface area contributed by atoms with Gasteiger partial charge in [-0.15, -0.1) is 0 Å². The van der Waals surface area contributed by atoms with Crippen molar-refractivity contribution in [3.63, 3.8) is 0 Å². The number of halogens is 3. The van der Waals surface area contributed by atoms with Gasteiger partial charge in [0.2, 0.25) is 0 Å². The first-order valence-electron chi connectivity index (χ1n) is 3.19. The van der Waals surface area contributed by atoms with Crippen LogP contribution in [0.5, 0.6) is 0 Å². The summed E-state index contributed by atoms with van der Waals surface area (Å²) in [5.74, 6) is -1.23. The largest absolute Gasteiger partial charge is 0.478 e. The van der Waals surface area contributed by atoms with Gasteiger partial charge >= 0.3 is 5.97 Å². The summed E-state index contributed by atoms with van der Waals surface area (Å²) in [7, 11) is 0. The van der Waals surface area contributed by atoms with E-state index >= 15 is 0 Å². The molecule has 0 bridgehead atoms. The summed E-state index contributed by atoms with van der Waals surface area (Å²) in [4.78, 5) is 13.9. The van der Waals surface area contributed by atoms with E-state index in [1.165, 1.54) is 6.07 Å². The molecule has 0 fully saturated rings. The summed E-state index contributed by atoms with van der Waals surface area (Å²) in [6.45, 7) is 0. The zero-order chi connectivity index (χ0) is 10.0. The maximum Gasteiger partial charge on any atom is 0.335 e. The summed E-state index contributed by atoms with van der Waals surface area (Å²) < 4.78 is 24.5. The zero-order valence-corrected chi connectivity index (χ0v) is 8.33. The molecule has 0 radical (unpaired) electrons. The second kappa shape index (κ2) is 3.95. The second-order valence-corrected chi connectivity index (χ2v) is 3.31. The number of nitrogens with zero attached hydrogens (tertiary/aromatic N) is 1. The van der Waals surface area contributed by atoms with Crippen molar-refractivity contribution in [1.82, 2.24) is 4.98 Å². The maximum atomic E-state index is 12.1. The van der Waals surface area contributed by atoms with Crippen LogP contribution in [0.25, 0.3) is 0 Å². The quantitative estimate of drug-likeness (QED) is 0.673. The predicted molar refractivity (Wildman–Crippen MR) is 48.9 cm³/mol. The van der Waals surface area contributed by atoms with Gasteiger partial charge < -0.3 is 5.11 Å². The lowest BCUT2D eigenvalue weighted by atomic mass is 10.2. The third-order valence-corrected chi connectivity index (χ3v) is 1.84. The molecule has 70 valence electrons. The van der Waals surface area contributed by atoms with Crippen molar-refractivity contribution in [2.75, 3.05) is 0 Å².